The summed E-state index contributed by atoms with van der Waals surface area (Å²) in [7, 11) is 0. The predicted molar refractivity (Wildman–Crippen MR) is 79.8 cm³/mol. The molecule has 4 nitrogen and oxygen atoms in total. The van der Waals surface area contributed by atoms with E-state index in [0.717, 1.165) is 4.47 Å². The van der Waals surface area contributed by atoms with E-state index >= 15 is 0 Å². The average molecular weight is 359 g/mol. The van der Waals surface area contributed by atoms with Crippen LogP contribution in [0.2, 0.25) is 5.02 Å². The van der Waals surface area contributed by atoms with E-state index in [1.807, 2.05) is 0 Å². The Hall–Kier alpha value is -1.46. The number of benzene rings is 1. The van der Waals surface area contributed by atoms with Crippen molar-refractivity contribution >= 4 is 33.4 Å². The minimum atomic E-state index is -0.656. The van der Waals surface area contributed by atoms with Crippen molar-refractivity contribution in [1.82, 2.24) is 5.32 Å². The van der Waals surface area contributed by atoms with Crippen LogP contribution in [-0.2, 0) is 11.3 Å². The Kier molecular flexibility index (Phi) is 5.09. The third kappa shape index (κ3) is 4.02. The Labute approximate surface area is 130 Å². The summed E-state index contributed by atoms with van der Waals surface area (Å²) >= 11 is 9.34. The average Bonchev–Trinajstić information content (AvgIpc) is 2.93. The maximum atomic E-state index is 11.9. The molecule has 0 aliphatic rings. The number of nitrogens with one attached hydrogen (secondary N) is 1. The highest BCUT2D eigenvalue weighted by Crippen LogP contribution is 2.28. The Bertz CT molecular complexity index is 586. The van der Waals surface area contributed by atoms with E-state index < -0.39 is 6.10 Å². The second kappa shape index (κ2) is 6.81. The van der Waals surface area contributed by atoms with Crippen LogP contribution < -0.4 is 10.1 Å². The van der Waals surface area contributed by atoms with Gasteiger partial charge in [0.25, 0.3) is 5.91 Å². The van der Waals surface area contributed by atoms with Crippen molar-refractivity contribution in [2.24, 2.45) is 0 Å². The molecule has 0 fully saturated rings. The van der Waals surface area contributed by atoms with Crippen molar-refractivity contribution in [3.63, 3.8) is 0 Å². The van der Waals surface area contributed by atoms with Crippen molar-refractivity contribution in [2.75, 3.05) is 0 Å². The molecular formula is C14H13BrClNO3. The molecule has 0 saturated carbocycles. The molecule has 0 bridgehead atoms. The number of carbonyl (C=O) groups excluding carboxylic acids is 1. The molecular weight excluding hydrogens is 346 g/mol. The molecule has 0 radical (unpaired) electrons. The fourth-order valence-corrected chi connectivity index (χ4v) is 2.04. The van der Waals surface area contributed by atoms with Gasteiger partial charge in [0.05, 0.1) is 17.8 Å². The number of rotatable bonds is 5. The van der Waals surface area contributed by atoms with Crippen molar-refractivity contribution < 1.29 is 13.9 Å². The maximum absolute atomic E-state index is 11.9. The highest BCUT2D eigenvalue weighted by molar-refractivity contribution is 9.10. The highest BCUT2D eigenvalue weighted by atomic mass is 79.9. The first-order valence-corrected chi connectivity index (χ1v) is 7.15. The summed E-state index contributed by atoms with van der Waals surface area (Å²) in [6, 6.07) is 8.78. The van der Waals surface area contributed by atoms with Gasteiger partial charge in [0.2, 0.25) is 0 Å². The lowest BCUT2D eigenvalue weighted by Gasteiger charge is -2.15. The molecule has 0 saturated heterocycles. The van der Waals surface area contributed by atoms with Crippen molar-refractivity contribution in [2.45, 2.75) is 19.6 Å². The molecule has 1 unspecified atom stereocenters. The number of hydrogen-bond acceptors (Lipinski definition) is 3. The number of ether oxygens (including phenoxy) is 1. The zero-order valence-electron chi connectivity index (χ0n) is 10.7. The summed E-state index contributed by atoms with van der Waals surface area (Å²) < 4.78 is 11.5. The molecule has 106 valence electrons. The second-order valence-corrected chi connectivity index (χ2v) is 5.45. The lowest BCUT2D eigenvalue weighted by Crippen LogP contribution is -2.35. The molecule has 6 heteroatoms. The second-order valence-electron chi connectivity index (χ2n) is 4.13. The third-order valence-corrected chi connectivity index (χ3v) is 3.39. The van der Waals surface area contributed by atoms with Crippen LogP contribution in [0.4, 0.5) is 0 Å². The largest absolute Gasteiger partial charge is 0.479 e. The lowest BCUT2D eigenvalue weighted by molar-refractivity contribution is -0.127. The minimum absolute atomic E-state index is 0.238. The molecule has 1 N–H and O–H groups in total. The molecule has 20 heavy (non-hydrogen) atoms. The van der Waals surface area contributed by atoms with E-state index in [0.29, 0.717) is 23.1 Å². The predicted octanol–water partition coefficient (Wildman–Crippen LogP) is 3.78. The van der Waals surface area contributed by atoms with Crippen molar-refractivity contribution in [1.29, 1.82) is 0 Å². The summed E-state index contributed by atoms with van der Waals surface area (Å²) in [6.07, 6.45) is 0.902. The molecule has 2 aromatic rings. The monoisotopic (exact) mass is 357 g/mol. The van der Waals surface area contributed by atoms with Crippen LogP contribution in [0.3, 0.4) is 0 Å². The van der Waals surface area contributed by atoms with E-state index in [9.17, 15) is 4.79 Å². The maximum Gasteiger partial charge on any atom is 0.261 e. The van der Waals surface area contributed by atoms with Crippen LogP contribution in [0, 0.1) is 0 Å². The van der Waals surface area contributed by atoms with Crippen LogP contribution in [0.15, 0.2) is 45.5 Å². The standard InChI is InChI=1S/C14H13BrClNO3/c1-9(14(18)17-8-11-3-2-6-19-11)20-13-7-10(15)4-5-12(13)16/h2-7,9H,8H2,1H3,(H,17,18). The first-order valence-electron chi connectivity index (χ1n) is 5.98. The van der Waals surface area contributed by atoms with Crippen molar-refractivity contribution in [3.8, 4) is 5.75 Å². The molecule has 0 aliphatic carbocycles. The van der Waals surface area contributed by atoms with Gasteiger partial charge in [-0.15, -0.1) is 0 Å². The van der Waals surface area contributed by atoms with Crippen molar-refractivity contribution in [3.05, 3.63) is 51.9 Å². The van der Waals surface area contributed by atoms with E-state index in [-0.39, 0.29) is 5.91 Å². The normalized spacial score (nSPS) is 11.9. The van der Waals surface area contributed by atoms with Gasteiger partial charge in [-0.05, 0) is 37.3 Å². The van der Waals surface area contributed by atoms with Gasteiger partial charge in [0.15, 0.2) is 6.10 Å². The Morgan fingerprint density at radius 2 is 2.30 bits per heavy atom. The topological polar surface area (TPSA) is 51.5 Å². The first-order chi connectivity index (χ1) is 9.56. The number of hydrogen-bond donors (Lipinski definition) is 1. The number of halogens is 2. The molecule has 1 atom stereocenters. The zero-order valence-corrected chi connectivity index (χ0v) is 13.1. The van der Waals surface area contributed by atoms with Gasteiger partial charge in [0, 0.05) is 4.47 Å². The fourth-order valence-electron chi connectivity index (χ4n) is 1.54. The summed E-state index contributed by atoms with van der Waals surface area (Å²) in [5, 5.41) is 3.18. The van der Waals surface area contributed by atoms with Crippen LogP contribution in [0.25, 0.3) is 0 Å². The van der Waals surface area contributed by atoms with E-state index in [4.69, 9.17) is 20.8 Å². The van der Waals surface area contributed by atoms with Crippen LogP contribution >= 0.6 is 27.5 Å². The quantitative estimate of drug-likeness (QED) is 0.885. The SMILES string of the molecule is CC(Oc1cc(Br)ccc1Cl)C(=O)NCc1ccco1. The van der Waals surface area contributed by atoms with Crippen LogP contribution in [-0.4, -0.2) is 12.0 Å². The molecule has 1 aromatic carbocycles. The Morgan fingerprint density at radius 3 is 3.00 bits per heavy atom. The fraction of sp³-hybridized carbons (Fsp3) is 0.214. The molecule has 0 spiro atoms. The summed E-state index contributed by atoms with van der Waals surface area (Å²) in [5.74, 6) is 0.908. The van der Waals surface area contributed by atoms with Gasteiger partial charge in [-0.25, -0.2) is 0 Å². The first kappa shape index (κ1) is 14.9. The third-order valence-electron chi connectivity index (χ3n) is 2.58. The van der Waals surface area contributed by atoms with Gasteiger partial charge in [-0.1, -0.05) is 27.5 Å². The summed E-state index contributed by atoms with van der Waals surface area (Å²) in [5.41, 5.74) is 0. The Balaban J connectivity index is 1.92. The van der Waals surface area contributed by atoms with Crippen LogP contribution in [0.5, 0.6) is 5.75 Å². The molecule has 1 heterocycles. The zero-order chi connectivity index (χ0) is 14.5. The molecule has 0 aliphatic heterocycles. The van der Waals surface area contributed by atoms with Gasteiger partial charge < -0.3 is 14.5 Å². The number of amides is 1. The van der Waals surface area contributed by atoms with Gasteiger partial charge in [0.1, 0.15) is 11.5 Å². The van der Waals surface area contributed by atoms with E-state index in [1.54, 1.807) is 43.5 Å². The molecule has 2 rings (SSSR count). The number of carbonyl (C=O) groups is 1. The molecule has 1 amide bonds. The lowest BCUT2D eigenvalue weighted by atomic mass is 10.3. The van der Waals surface area contributed by atoms with Gasteiger partial charge >= 0.3 is 0 Å². The van der Waals surface area contributed by atoms with Crippen LogP contribution in [0.1, 0.15) is 12.7 Å². The number of furan rings is 1. The Morgan fingerprint density at radius 1 is 1.50 bits per heavy atom. The summed E-state index contributed by atoms with van der Waals surface area (Å²) in [6.45, 7) is 1.99. The minimum Gasteiger partial charge on any atom is -0.479 e. The highest BCUT2D eigenvalue weighted by Gasteiger charge is 2.16. The van der Waals surface area contributed by atoms with Gasteiger partial charge in [-0.2, -0.15) is 0 Å². The van der Waals surface area contributed by atoms with Gasteiger partial charge in [-0.3, -0.25) is 4.79 Å². The summed E-state index contributed by atoms with van der Waals surface area (Å²) in [4.78, 5) is 11.9. The van der Waals surface area contributed by atoms with E-state index in [2.05, 4.69) is 21.2 Å². The van der Waals surface area contributed by atoms with E-state index in [1.165, 1.54) is 0 Å². The smallest absolute Gasteiger partial charge is 0.261 e. The molecule has 1 aromatic heterocycles.